The van der Waals surface area contributed by atoms with Crippen LogP contribution in [0.2, 0.25) is 0 Å². The fraction of sp³-hybridized carbons (Fsp3) is 0.600. The van der Waals surface area contributed by atoms with Crippen LogP contribution in [0.25, 0.3) is 0 Å². The standard InChI is InChI=1S/C15H21NO4/c1-18-13-4-3-5-14(8-13)20-10-12-7-6-11(9-16-12)15(17)19-2/h6-7,9,13-14H,3-5,8,10H2,1-2H3. The van der Waals surface area contributed by atoms with E-state index in [1.807, 2.05) is 0 Å². The average Bonchev–Trinajstić information content (AvgIpc) is 2.53. The molecule has 110 valence electrons. The molecule has 1 fully saturated rings. The minimum Gasteiger partial charge on any atom is -0.465 e. The number of pyridine rings is 1. The summed E-state index contributed by atoms with van der Waals surface area (Å²) in [6.07, 6.45) is 6.32. The van der Waals surface area contributed by atoms with Crippen LogP contribution >= 0.6 is 0 Å². The lowest BCUT2D eigenvalue weighted by Crippen LogP contribution is -2.27. The Morgan fingerprint density at radius 2 is 2.10 bits per heavy atom. The predicted octanol–water partition coefficient (Wildman–Crippen LogP) is 2.34. The van der Waals surface area contributed by atoms with E-state index in [0.29, 0.717) is 18.3 Å². The number of carbonyl (C=O) groups is 1. The first-order valence-electron chi connectivity index (χ1n) is 6.90. The van der Waals surface area contributed by atoms with Gasteiger partial charge in [-0.3, -0.25) is 4.98 Å². The van der Waals surface area contributed by atoms with Crippen molar-refractivity contribution in [3.63, 3.8) is 0 Å². The summed E-state index contributed by atoms with van der Waals surface area (Å²) < 4.78 is 15.9. The number of hydrogen-bond donors (Lipinski definition) is 0. The molecule has 0 amide bonds. The number of rotatable bonds is 5. The number of aromatic nitrogens is 1. The van der Waals surface area contributed by atoms with Crippen molar-refractivity contribution in [3.05, 3.63) is 29.6 Å². The van der Waals surface area contributed by atoms with Gasteiger partial charge >= 0.3 is 5.97 Å². The van der Waals surface area contributed by atoms with E-state index in [1.165, 1.54) is 13.3 Å². The van der Waals surface area contributed by atoms with Crippen molar-refractivity contribution in [2.24, 2.45) is 0 Å². The van der Waals surface area contributed by atoms with Gasteiger partial charge in [-0.05, 0) is 37.8 Å². The minimum atomic E-state index is -0.375. The molecule has 1 aliphatic carbocycles. The van der Waals surface area contributed by atoms with E-state index < -0.39 is 0 Å². The molecule has 20 heavy (non-hydrogen) atoms. The molecular formula is C15H21NO4. The van der Waals surface area contributed by atoms with E-state index in [0.717, 1.165) is 31.4 Å². The smallest absolute Gasteiger partial charge is 0.339 e. The zero-order valence-corrected chi connectivity index (χ0v) is 12.0. The monoisotopic (exact) mass is 279 g/mol. The highest BCUT2D eigenvalue weighted by atomic mass is 16.5. The van der Waals surface area contributed by atoms with Crippen LogP contribution in [0.4, 0.5) is 0 Å². The molecular weight excluding hydrogens is 258 g/mol. The number of esters is 1. The molecule has 5 heteroatoms. The Morgan fingerprint density at radius 1 is 1.30 bits per heavy atom. The molecule has 1 aromatic rings. The van der Waals surface area contributed by atoms with E-state index in [9.17, 15) is 4.79 Å². The van der Waals surface area contributed by atoms with Gasteiger partial charge in [-0.1, -0.05) is 0 Å². The van der Waals surface area contributed by atoms with Crippen molar-refractivity contribution in [2.45, 2.75) is 44.5 Å². The summed E-state index contributed by atoms with van der Waals surface area (Å²) in [6.45, 7) is 0.461. The van der Waals surface area contributed by atoms with Gasteiger partial charge in [-0.2, -0.15) is 0 Å². The molecule has 2 atom stereocenters. The van der Waals surface area contributed by atoms with Gasteiger partial charge in [-0.15, -0.1) is 0 Å². The van der Waals surface area contributed by atoms with Gasteiger partial charge in [0.05, 0.1) is 37.2 Å². The molecule has 2 unspecified atom stereocenters. The van der Waals surface area contributed by atoms with Crippen molar-refractivity contribution in [1.29, 1.82) is 0 Å². The number of ether oxygens (including phenoxy) is 3. The highest BCUT2D eigenvalue weighted by Gasteiger charge is 2.22. The molecule has 5 nitrogen and oxygen atoms in total. The summed E-state index contributed by atoms with van der Waals surface area (Å²) in [6, 6.07) is 3.50. The van der Waals surface area contributed by atoms with Crippen molar-refractivity contribution in [3.8, 4) is 0 Å². The van der Waals surface area contributed by atoms with E-state index in [-0.39, 0.29) is 12.1 Å². The van der Waals surface area contributed by atoms with E-state index in [4.69, 9.17) is 9.47 Å². The number of methoxy groups -OCH3 is 2. The molecule has 1 saturated carbocycles. The predicted molar refractivity (Wildman–Crippen MR) is 73.4 cm³/mol. The lowest BCUT2D eigenvalue weighted by molar-refractivity contribution is -0.0372. The Balaban J connectivity index is 1.83. The number of hydrogen-bond acceptors (Lipinski definition) is 5. The SMILES string of the molecule is COC(=O)c1ccc(COC2CCCC(OC)C2)nc1. The Kier molecular flexibility index (Phi) is 5.49. The summed E-state index contributed by atoms with van der Waals surface area (Å²) in [5.74, 6) is -0.375. The maximum Gasteiger partial charge on any atom is 0.339 e. The largest absolute Gasteiger partial charge is 0.465 e. The van der Waals surface area contributed by atoms with Crippen LogP contribution in [-0.2, 0) is 20.8 Å². The first kappa shape index (κ1) is 14.9. The molecule has 0 bridgehead atoms. The molecule has 0 radical (unpaired) electrons. The molecule has 0 aromatic carbocycles. The lowest BCUT2D eigenvalue weighted by Gasteiger charge is -2.28. The zero-order chi connectivity index (χ0) is 14.4. The third-order valence-corrected chi connectivity index (χ3v) is 3.62. The summed E-state index contributed by atoms with van der Waals surface area (Å²) in [4.78, 5) is 15.5. The summed E-state index contributed by atoms with van der Waals surface area (Å²) >= 11 is 0. The first-order valence-corrected chi connectivity index (χ1v) is 6.90. The van der Waals surface area contributed by atoms with E-state index in [2.05, 4.69) is 9.72 Å². The maximum absolute atomic E-state index is 11.3. The highest BCUT2D eigenvalue weighted by Crippen LogP contribution is 2.23. The third-order valence-electron chi connectivity index (χ3n) is 3.62. The quantitative estimate of drug-likeness (QED) is 0.774. The third kappa shape index (κ3) is 4.02. The molecule has 1 heterocycles. The Bertz CT molecular complexity index is 432. The molecule has 1 aromatic heterocycles. The summed E-state index contributed by atoms with van der Waals surface area (Å²) in [7, 11) is 3.11. The second kappa shape index (κ2) is 7.36. The zero-order valence-electron chi connectivity index (χ0n) is 12.0. The second-order valence-electron chi connectivity index (χ2n) is 4.99. The summed E-state index contributed by atoms with van der Waals surface area (Å²) in [5.41, 5.74) is 1.27. The fourth-order valence-corrected chi connectivity index (χ4v) is 2.42. The van der Waals surface area contributed by atoms with Crippen LogP contribution in [-0.4, -0.2) is 37.4 Å². The molecule has 2 rings (SSSR count). The Labute approximate surface area is 119 Å². The van der Waals surface area contributed by atoms with Gasteiger partial charge < -0.3 is 14.2 Å². The minimum absolute atomic E-state index is 0.232. The number of carbonyl (C=O) groups excluding carboxylic acids is 1. The first-order chi connectivity index (χ1) is 9.72. The van der Waals surface area contributed by atoms with Crippen LogP contribution in [0.1, 0.15) is 41.7 Å². The Morgan fingerprint density at radius 3 is 2.75 bits per heavy atom. The van der Waals surface area contributed by atoms with Crippen LogP contribution in [0.15, 0.2) is 18.3 Å². The molecule has 0 spiro atoms. The highest BCUT2D eigenvalue weighted by molar-refractivity contribution is 5.88. The van der Waals surface area contributed by atoms with Crippen LogP contribution < -0.4 is 0 Å². The van der Waals surface area contributed by atoms with Crippen molar-refractivity contribution in [1.82, 2.24) is 4.98 Å². The molecule has 1 aliphatic rings. The van der Waals surface area contributed by atoms with Gasteiger partial charge in [-0.25, -0.2) is 4.79 Å². The molecule has 0 saturated heterocycles. The topological polar surface area (TPSA) is 57.7 Å². The number of nitrogens with zero attached hydrogens (tertiary/aromatic N) is 1. The second-order valence-corrected chi connectivity index (χ2v) is 4.99. The maximum atomic E-state index is 11.3. The summed E-state index contributed by atoms with van der Waals surface area (Å²) in [5, 5.41) is 0. The van der Waals surface area contributed by atoms with Gasteiger partial charge in [0.15, 0.2) is 0 Å². The van der Waals surface area contributed by atoms with Gasteiger partial charge in [0.1, 0.15) is 0 Å². The normalized spacial score (nSPS) is 22.5. The molecule has 0 aliphatic heterocycles. The van der Waals surface area contributed by atoms with E-state index in [1.54, 1.807) is 19.2 Å². The van der Waals surface area contributed by atoms with Crippen LogP contribution in [0.5, 0.6) is 0 Å². The average molecular weight is 279 g/mol. The van der Waals surface area contributed by atoms with E-state index >= 15 is 0 Å². The van der Waals surface area contributed by atoms with Gasteiger partial charge in [0, 0.05) is 13.3 Å². The van der Waals surface area contributed by atoms with Gasteiger partial charge in [0.25, 0.3) is 0 Å². The van der Waals surface area contributed by atoms with Crippen molar-refractivity contribution in [2.75, 3.05) is 14.2 Å². The lowest BCUT2D eigenvalue weighted by atomic mass is 9.95. The van der Waals surface area contributed by atoms with Crippen molar-refractivity contribution < 1.29 is 19.0 Å². The van der Waals surface area contributed by atoms with Gasteiger partial charge in [0.2, 0.25) is 0 Å². The van der Waals surface area contributed by atoms with Crippen LogP contribution in [0, 0.1) is 0 Å². The Hall–Kier alpha value is -1.46. The molecule has 0 N–H and O–H groups in total. The fourth-order valence-electron chi connectivity index (χ4n) is 2.42. The van der Waals surface area contributed by atoms with Crippen molar-refractivity contribution >= 4 is 5.97 Å². The van der Waals surface area contributed by atoms with Crippen LogP contribution in [0.3, 0.4) is 0 Å².